The lowest BCUT2D eigenvalue weighted by atomic mass is 10.1. The summed E-state index contributed by atoms with van der Waals surface area (Å²) in [5.74, 6) is 2.58. The monoisotopic (exact) mass is 275 g/mol. The quantitative estimate of drug-likeness (QED) is 0.887. The van der Waals surface area contributed by atoms with Gasteiger partial charge in [0, 0.05) is 43.7 Å². The van der Waals surface area contributed by atoms with Gasteiger partial charge in [-0.3, -0.25) is 0 Å². The van der Waals surface area contributed by atoms with Gasteiger partial charge < -0.3 is 15.2 Å². The zero-order valence-electron chi connectivity index (χ0n) is 12.2. The third-order valence-electron chi connectivity index (χ3n) is 3.82. The molecular weight excluding hydrogens is 254 g/mol. The summed E-state index contributed by atoms with van der Waals surface area (Å²) in [5.41, 5.74) is 3.21. The van der Waals surface area contributed by atoms with Gasteiger partial charge in [0.2, 0.25) is 0 Å². The molecule has 0 saturated heterocycles. The van der Waals surface area contributed by atoms with Crippen molar-refractivity contribution in [2.24, 2.45) is 5.92 Å². The van der Waals surface area contributed by atoms with Crippen LogP contribution >= 0.6 is 0 Å². The second-order valence-corrected chi connectivity index (χ2v) is 5.53. The highest BCUT2D eigenvalue weighted by Crippen LogP contribution is 2.18. The van der Waals surface area contributed by atoms with Crippen molar-refractivity contribution in [1.82, 2.24) is 20.3 Å². The smallest absolute Gasteiger partial charge is 0.138 e. The van der Waals surface area contributed by atoms with Crippen molar-refractivity contribution >= 4 is 5.82 Å². The predicted molar refractivity (Wildman–Crippen MR) is 76.6 cm³/mol. The molecule has 3 rings (SSSR count). The zero-order valence-corrected chi connectivity index (χ0v) is 12.2. The highest BCUT2D eigenvalue weighted by molar-refractivity contribution is 5.38. The molecule has 0 aliphatic carbocycles. The molecule has 0 spiro atoms. The van der Waals surface area contributed by atoms with Gasteiger partial charge in [-0.25, -0.2) is 4.68 Å². The lowest BCUT2D eigenvalue weighted by molar-refractivity contribution is 0.385. The summed E-state index contributed by atoms with van der Waals surface area (Å²) in [6.07, 6.45) is 0. The lowest BCUT2D eigenvalue weighted by Crippen LogP contribution is -2.35. The minimum absolute atomic E-state index is 0.544. The molecule has 108 valence electrons. The molecular formula is C14H21N5O. The van der Waals surface area contributed by atoms with Gasteiger partial charge in [-0.05, 0) is 20.8 Å². The van der Waals surface area contributed by atoms with Gasteiger partial charge in [0.05, 0.1) is 11.4 Å². The summed E-state index contributed by atoms with van der Waals surface area (Å²) in [4.78, 5) is 0. The number of fused-ring (bicyclic) bond motifs is 1. The largest absolute Gasteiger partial charge is 0.370 e. The number of anilines is 1. The van der Waals surface area contributed by atoms with E-state index >= 15 is 0 Å². The van der Waals surface area contributed by atoms with Crippen molar-refractivity contribution in [2.45, 2.75) is 33.9 Å². The molecule has 1 unspecified atom stereocenters. The van der Waals surface area contributed by atoms with Crippen molar-refractivity contribution in [2.75, 3.05) is 18.4 Å². The van der Waals surface area contributed by atoms with Gasteiger partial charge in [-0.2, -0.15) is 5.10 Å². The molecule has 6 heteroatoms. The molecule has 2 aromatic rings. The van der Waals surface area contributed by atoms with Crippen molar-refractivity contribution in [1.29, 1.82) is 0 Å². The second-order valence-electron chi connectivity index (χ2n) is 5.53. The van der Waals surface area contributed by atoms with E-state index in [1.165, 1.54) is 5.56 Å². The summed E-state index contributed by atoms with van der Waals surface area (Å²) < 4.78 is 7.23. The molecule has 0 bridgehead atoms. The Morgan fingerprint density at radius 2 is 2.30 bits per heavy atom. The zero-order chi connectivity index (χ0) is 14.1. The Bertz CT molecular complexity index is 581. The number of nitrogens with one attached hydrogen (secondary N) is 2. The fourth-order valence-corrected chi connectivity index (χ4v) is 2.68. The normalized spacial score (nSPS) is 17.9. The third-order valence-corrected chi connectivity index (χ3v) is 3.82. The minimum Gasteiger partial charge on any atom is -0.370 e. The average Bonchev–Trinajstić information content (AvgIpc) is 2.93. The Labute approximate surface area is 118 Å². The number of aryl methyl sites for hydroxylation is 3. The summed E-state index contributed by atoms with van der Waals surface area (Å²) in [6, 6.07) is 2.09. The molecule has 1 atom stereocenters. The number of hydrogen-bond donors (Lipinski definition) is 2. The maximum Gasteiger partial charge on any atom is 0.138 e. The van der Waals surface area contributed by atoms with Crippen molar-refractivity contribution < 1.29 is 4.52 Å². The standard InChI is InChI=1S/C14H21N5O/c1-9-4-14-16-6-12(8-19(14)17-9)5-15-7-13-10(2)18-20-11(13)3/h4,12,15-16H,5-8H2,1-3H3. The van der Waals surface area contributed by atoms with E-state index in [2.05, 4.69) is 31.6 Å². The second kappa shape index (κ2) is 5.28. The van der Waals surface area contributed by atoms with E-state index in [0.29, 0.717) is 5.92 Å². The maximum atomic E-state index is 5.17. The minimum atomic E-state index is 0.544. The van der Waals surface area contributed by atoms with Gasteiger partial charge >= 0.3 is 0 Å². The summed E-state index contributed by atoms with van der Waals surface area (Å²) in [6.45, 7) is 9.67. The van der Waals surface area contributed by atoms with Crippen molar-refractivity contribution in [3.63, 3.8) is 0 Å². The highest BCUT2D eigenvalue weighted by Gasteiger charge is 2.19. The molecule has 0 amide bonds. The molecule has 6 nitrogen and oxygen atoms in total. The van der Waals surface area contributed by atoms with Gasteiger partial charge in [0.25, 0.3) is 0 Å². The van der Waals surface area contributed by atoms with E-state index in [0.717, 1.165) is 49.1 Å². The first-order chi connectivity index (χ1) is 9.63. The van der Waals surface area contributed by atoms with E-state index in [1.54, 1.807) is 0 Å². The van der Waals surface area contributed by atoms with E-state index in [-0.39, 0.29) is 0 Å². The fraction of sp³-hybridized carbons (Fsp3) is 0.571. The Morgan fingerprint density at radius 3 is 3.05 bits per heavy atom. The fourth-order valence-electron chi connectivity index (χ4n) is 2.68. The van der Waals surface area contributed by atoms with Crippen molar-refractivity contribution in [3.8, 4) is 0 Å². The molecule has 20 heavy (non-hydrogen) atoms. The molecule has 0 aromatic carbocycles. The number of rotatable bonds is 4. The van der Waals surface area contributed by atoms with Crippen LogP contribution in [0.25, 0.3) is 0 Å². The Morgan fingerprint density at radius 1 is 1.45 bits per heavy atom. The van der Waals surface area contributed by atoms with Crippen LogP contribution in [-0.2, 0) is 13.1 Å². The van der Waals surface area contributed by atoms with Gasteiger partial charge in [0.15, 0.2) is 0 Å². The number of aromatic nitrogens is 3. The van der Waals surface area contributed by atoms with Crippen LogP contribution in [0.3, 0.4) is 0 Å². The van der Waals surface area contributed by atoms with Crippen molar-refractivity contribution in [3.05, 3.63) is 28.8 Å². The first-order valence-corrected chi connectivity index (χ1v) is 7.04. The van der Waals surface area contributed by atoms with Crippen LogP contribution in [0.2, 0.25) is 0 Å². The molecule has 2 aromatic heterocycles. The molecule has 3 heterocycles. The van der Waals surface area contributed by atoms with Crippen LogP contribution in [0, 0.1) is 26.7 Å². The number of nitrogens with zero attached hydrogens (tertiary/aromatic N) is 3. The SMILES string of the molecule is Cc1cc2n(n1)CC(CNCc1c(C)noc1C)CN2. The topological polar surface area (TPSA) is 67.9 Å². The first-order valence-electron chi connectivity index (χ1n) is 7.04. The Balaban J connectivity index is 1.53. The van der Waals surface area contributed by atoms with E-state index in [1.807, 2.05) is 20.8 Å². The molecule has 1 aliphatic heterocycles. The van der Waals surface area contributed by atoms with Gasteiger partial charge in [0.1, 0.15) is 11.6 Å². The first kappa shape index (κ1) is 13.2. The lowest BCUT2D eigenvalue weighted by Gasteiger charge is -2.25. The molecule has 0 saturated carbocycles. The van der Waals surface area contributed by atoms with Crippen LogP contribution in [0.5, 0.6) is 0 Å². The molecule has 0 fully saturated rings. The Kier molecular flexibility index (Phi) is 3.48. The summed E-state index contributed by atoms with van der Waals surface area (Å²) in [7, 11) is 0. The van der Waals surface area contributed by atoms with E-state index in [9.17, 15) is 0 Å². The van der Waals surface area contributed by atoms with E-state index < -0.39 is 0 Å². The van der Waals surface area contributed by atoms with Crippen LogP contribution in [-0.4, -0.2) is 28.0 Å². The van der Waals surface area contributed by atoms with Gasteiger partial charge in [-0.15, -0.1) is 0 Å². The van der Waals surface area contributed by atoms with Crippen LogP contribution < -0.4 is 10.6 Å². The number of hydrogen-bond acceptors (Lipinski definition) is 5. The molecule has 1 aliphatic rings. The maximum absolute atomic E-state index is 5.17. The predicted octanol–water partition coefficient (Wildman–Crippen LogP) is 1.63. The summed E-state index contributed by atoms with van der Waals surface area (Å²) >= 11 is 0. The molecule has 2 N–H and O–H groups in total. The van der Waals surface area contributed by atoms with E-state index in [4.69, 9.17) is 4.52 Å². The van der Waals surface area contributed by atoms with Crippen LogP contribution in [0.1, 0.15) is 22.7 Å². The van der Waals surface area contributed by atoms with Gasteiger partial charge in [-0.1, -0.05) is 5.16 Å². The third kappa shape index (κ3) is 2.56. The average molecular weight is 275 g/mol. The summed E-state index contributed by atoms with van der Waals surface area (Å²) in [5, 5.41) is 15.4. The highest BCUT2D eigenvalue weighted by atomic mass is 16.5. The van der Waals surface area contributed by atoms with Crippen LogP contribution in [0.4, 0.5) is 5.82 Å². The van der Waals surface area contributed by atoms with Crippen LogP contribution in [0.15, 0.2) is 10.6 Å². The molecule has 0 radical (unpaired) electrons. The Hall–Kier alpha value is -1.82.